The lowest BCUT2D eigenvalue weighted by molar-refractivity contribution is 0.541. The van der Waals surface area contributed by atoms with E-state index >= 15 is 0 Å². The van der Waals surface area contributed by atoms with E-state index in [1.807, 2.05) is 23.7 Å². The lowest BCUT2D eigenvalue weighted by Gasteiger charge is -2.13. The van der Waals surface area contributed by atoms with Crippen LogP contribution in [0.5, 0.6) is 0 Å². The first kappa shape index (κ1) is 12.6. The van der Waals surface area contributed by atoms with Crippen molar-refractivity contribution in [1.82, 2.24) is 10.3 Å². The number of rotatable bonds is 5. The average Bonchev–Trinajstić information content (AvgIpc) is 2.82. The van der Waals surface area contributed by atoms with Crippen molar-refractivity contribution >= 4 is 22.9 Å². The SMILES string of the molecule is CC(Cc1ccccc1Cl)NCc1cscn1. The second-order valence-electron chi connectivity index (χ2n) is 4.06. The molecule has 0 radical (unpaired) electrons. The molecule has 2 nitrogen and oxygen atoms in total. The van der Waals surface area contributed by atoms with Gasteiger partial charge in [-0.3, -0.25) is 0 Å². The number of nitrogens with zero attached hydrogens (tertiary/aromatic N) is 1. The molecule has 1 heterocycles. The van der Waals surface area contributed by atoms with Crippen molar-refractivity contribution in [3.05, 3.63) is 51.4 Å². The molecule has 1 unspecified atom stereocenters. The quantitative estimate of drug-likeness (QED) is 0.896. The number of halogens is 1. The van der Waals surface area contributed by atoms with Gasteiger partial charge in [0.2, 0.25) is 0 Å². The molecule has 90 valence electrons. The van der Waals surface area contributed by atoms with Gasteiger partial charge in [-0.05, 0) is 25.0 Å². The summed E-state index contributed by atoms with van der Waals surface area (Å²) in [5, 5.41) is 6.35. The van der Waals surface area contributed by atoms with Crippen LogP contribution < -0.4 is 5.32 Å². The van der Waals surface area contributed by atoms with Gasteiger partial charge in [0, 0.05) is 23.0 Å². The Bertz CT molecular complexity index is 456. The fourth-order valence-corrected chi connectivity index (χ4v) is 2.44. The maximum Gasteiger partial charge on any atom is 0.0795 e. The zero-order valence-corrected chi connectivity index (χ0v) is 11.3. The van der Waals surface area contributed by atoms with Crippen LogP contribution in [-0.4, -0.2) is 11.0 Å². The molecule has 0 aliphatic heterocycles. The van der Waals surface area contributed by atoms with Crippen molar-refractivity contribution in [2.45, 2.75) is 25.9 Å². The van der Waals surface area contributed by atoms with Gasteiger partial charge in [-0.2, -0.15) is 0 Å². The summed E-state index contributed by atoms with van der Waals surface area (Å²) in [5.74, 6) is 0. The number of nitrogens with one attached hydrogen (secondary N) is 1. The van der Waals surface area contributed by atoms with Crippen molar-refractivity contribution in [2.24, 2.45) is 0 Å². The zero-order valence-electron chi connectivity index (χ0n) is 9.69. The van der Waals surface area contributed by atoms with E-state index in [2.05, 4.69) is 28.7 Å². The van der Waals surface area contributed by atoms with E-state index in [4.69, 9.17) is 11.6 Å². The molecule has 1 aromatic carbocycles. The molecule has 0 spiro atoms. The minimum atomic E-state index is 0.386. The van der Waals surface area contributed by atoms with Crippen molar-refractivity contribution in [3.8, 4) is 0 Å². The summed E-state index contributed by atoms with van der Waals surface area (Å²) < 4.78 is 0. The van der Waals surface area contributed by atoms with Crippen LogP contribution in [0.3, 0.4) is 0 Å². The summed E-state index contributed by atoms with van der Waals surface area (Å²) in [6.45, 7) is 2.98. The Hall–Kier alpha value is -0.900. The Balaban J connectivity index is 1.85. The third-order valence-corrected chi connectivity index (χ3v) is 3.60. The van der Waals surface area contributed by atoms with Crippen LogP contribution in [0.25, 0.3) is 0 Å². The number of benzene rings is 1. The third kappa shape index (κ3) is 3.80. The smallest absolute Gasteiger partial charge is 0.0795 e. The highest BCUT2D eigenvalue weighted by atomic mass is 35.5. The summed E-state index contributed by atoms with van der Waals surface area (Å²) in [6.07, 6.45) is 0.934. The van der Waals surface area contributed by atoms with Gasteiger partial charge in [-0.15, -0.1) is 11.3 Å². The standard InChI is InChI=1S/C13H15ClN2S/c1-10(15-7-12-8-17-9-16-12)6-11-4-2-3-5-13(11)14/h2-5,8-10,15H,6-7H2,1H3. The average molecular weight is 267 g/mol. The van der Waals surface area contributed by atoms with E-state index in [9.17, 15) is 0 Å². The van der Waals surface area contributed by atoms with E-state index < -0.39 is 0 Å². The summed E-state index contributed by atoms with van der Waals surface area (Å²) in [4.78, 5) is 4.24. The highest BCUT2D eigenvalue weighted by molar-refractivity contribution is 7.07. The fourth-order valence-electron chi connectivity index (χ4n) is 1.67. The Morgan fingerprint density at radius 1 is 1.41 bits per heavy atom. The van der Waals surface area contributed by atoms with Crippen molar-refractivity contribution in [2.75, 3.05) is 0 Å². The lowest BCUT2D eigenvalue weighted by atomic mass is 10.1. The van der Waals surface area contributed by atoms with E-state index in [0.29, 0.717) is 6.04 Å². The Morgan fingerprint density at radius 2 is 2.24 bits per heavy atom. The van der Waals surface area contributed by atoms with Gasteiger partial charge in [0.1, 0.15) is 0 Å². The molecule has 0 aliphatic carbocycles. The molecule has 2 aromatic rings. The predicted octanol–water partition coefficient (Wildman–Crippen LogP) is 3.52. The van der Waals surface area contributed by atoms with Crippen LogP contribution in [0.15, 0.2) is 35.2 Å². The third-order valence-electron chi connectivity index (χ3n) is 2.60. The van der Waals surface area contributed by atoms with Gasteiger partial charge in [0.15, 0.2) is 0 Å². The predicted molar refractivity (Wildman–Crippen MR) is 73.6 cm³/mol. The first-order chi connectivity index (χ1) is 8.25. The summed E-state index contributed by atoms with van der Waals surface area (Å²) in [7, 11) is 0. The molecule has 1 N–H and O–H groups in total. The monoisotopic (exact) mass is 266 g/mol. The highest BCUT2D eigenvalue weighted by Gasteiger charge is 2.06. The molecule has 0 bridgehead atoms. The number of aromatic nitrogens is 1. The van der Waals surface area contributed by atoms with Crippen LogP contribution in [0.4, 0.5) is 0 Å². The van der Waals surface area contributed by atoms with E-state index in [1.165, 1.54) is 5.56 Å². The van der Waals surface area contributed by atoms with Crippen molar-refractivity contribution in [1.29, 1.82) is 0 Å². The van der Waals surface area contributed by atoms with Gasteiger partial charge in [0.25, 0.3) is 0 Å². The van der Waals surface area contributed by atoms with Crippen molar-refractivity contribution < 1.29 is 0 Å². The molecule has 2 rings (SSSR count). The fraction of sp³-hybridized carbons (Fsp3) is 0.308. The van der Waals surface area contributed by atoms with Gasteiger partial charge < -0.3 is 5.32 Å². The largest absolute Gasteiger partial charge is 0.308 e. The van der Waals surface area contributed by atoms with Crippen LogP contribution >= 0.6 is 22.9 Å². The molecule has 1 aromatic heterocycles. The Kier molecular flexibility index (Phi) is 4.54. The second-order valence-corrected chi connectivity index (χ2v) is 5.18. The molecular weight excluding hydrogens is 252 g/mol. The first-order valence-electron chi connectivity index (χ1n) is 5.59. The van der Waals surface area contributed by atoms with E-state index in [0.717, 1.165) is 23.7 Å². The lowest BCUT2D eigenvalue weighted by Crippen LogP contribution is -2.27. The molecular formula is C13H15ClN2S. The highest BCUT2D eigenvalue weighted by Crippen LogP contribution is 2.16. The molecule has 4 heteroatoms. The molecule has 17 heavy (non-hydrogen) atoms. The molecule has 0 saturated heterocycles. The maximum atomic E-state index is 6.13. The van der Waals surface area contributed by atoms with Gasteiger partial charge in [-0.25, -0.2) is 4.98 Å². The number of hydrogen-bond donors (Lipinski definition) is 1. The topological polar surface area (TPSA) is 24.9 Å². The molecule has 0 saturated carbocycles. The Labute approximate surface area is 111 Å². The van der Waals surface area contributed by atoms with Gasteiger partial charge >= 0.3 is 0 Å². The first-order valence-corrected chi connectivity index (χ1v) is 6.91. The zero-order chi connectivity index (χ0) is 12.1. The summed E-state index contributed by atoms with van der Waals surface area (Å²) in [6, 6.07) is 8.37. The Morgan fingerprint density at radius 3 is 2.94 bits per heavy atom. The van der Waals surface area contributed by atoms with Gasteiger partial charge in [-0.1, -0.05) is 29.8 Å². The number of thiazole rings is 1. The van der Waals surface area contributed by atoms with Crippen LogP contribution in [-0.2, 0) is 13.0 Å². The summed E-state index contributed by atoms with van der Waals surface area (Å²) in [5.41, 5.74) is 4.14. The molecule has 0 aliphatic rings. The minimum Gasteiger partial charge on any atom is -0.308 e. The second kappa shape index (κ2) is 6.15. The molecule has 0 amide bonds. The molecule has 1 atom stereocenters. The maximum absolute atomic E-state index is 6.13. The minimum absolute atomic E-state index is 0.386. The van der Waals surface area contributed by atoms with Gasteiger partial charge in [0.05, 0.1) is 11.2 Å². The normalized spacial score (nSPS) is 12.6. The van der Waals surface area contributed by atoms with E-state index in [-0.39, 0.29) is 0 Å². The number of hydrogen-bond acceptors (Lipinski definition) is 3. The van der Waals surface area contributed by atoms with Crippen molar-refractivity contribution in [3.63, 3.8) is 0 Å². The van der Waals surface area contributed by atoms with E-state index in [1.54, 1.807) is 11.3 Å². The van der Waals surface area contributed by atoms with Crippen LogP contribution in [0.1, 0.15) is 18.2 Å². The van der Waals surface area contributed by atoms with Crippen LogP contribution in [0.2, 0.25) is 5.02 Å². The van der Waals surface area contributed by atoms with Crippen LogP contribution in [0, 0.1) is 0 Å². The molecule has 0 fully saturated rings. The summed E-state index contributed by atoms with van der Waals surface area (Å²) >= 11 is 7.76.